The number of carbonyl (C=O) groups excluding carboxylic acids is 1. The van der Waals surface area contributed by atoms with Gasteiger partial charge in [-0.15, -0.1) is 23.7 Å². The molecular weight excluding hydrogens is 386 g/mol. The zero-order valence-corrected chi connectivity index (χ0v) is 17.5. The number of aryl methyl sites for hydroxylation is 3. The molecule has 0 aliphatic carbocycles. The van der Waals surface area contributed by atoms with Gasteiger partial charge in [-0.2, -0.15) is 0 Å². The Morgan fingerprint density at radius 3 is 2.78 bits per heavy atom. The van der Waals surface area contributed by atoms with E-state index in [4.69, 9.17) is 0 Å². The number of piperazine rings is 1. The van der Waals surface area contributed by atoms with E-state index in [-0.39, 0.29) is 23.9 Å². The molecule has 0 unspecified atom stereocenters. The molecule has 1 amide bonds. The zero-order chi connectivity index (χ0) is 18.5. The van der Waals surface area contributed by atoms with Crippen molar-refractivity contribution in [3.05, 3.63) is 26.6 Å². The summed E-state index contributed by atoms with van der Waals surface area (Å²) in [4.78, 5) is 35.9. The van der Waals surface area contributed by atoms with Crippen molar-refractivity contribution in [2.24, 2.45) is 0 Å². The van der Waals surface area contributed by atoms with E-state index in [2.05, 4.69) is 25.5 Å². The molecule has 27 heavy (non-hydrogen) atoms. The smallest absolute Gasteiger partial charge is 0.259 e. The van der Waals surface area contributed by atoms with Crippen molar-refractivity contribution in [1.29, 1.82) is 0 Å². The van der Waals surface area contributed by atoms with E-state index in [1.54, 1.807) is 0 Å². The molecule has 1 aliphatic rings. The van der Waals surface area contributed by atoms with Gasteiger partial charge >= 0.3 is 0 Å². The van der Waals surface area contributed by atoms with E-state index in [1.807, 2.05) is 13.8 Å². The lowest BCUT2D eigenvalue weighted by Crippen LogP contribution is -2.44. The van der Waals surface area contributed by atoms with Crippen molar-refractivity contribution < 1.29 is 4.79 Å². The second-order valence-corrected chi connectivity index (χ2v) is 7.97. The van der Waals surface area contributed by atoms with Gasteiger partial charge < -0.3 is 20.5 Å². The Bertz CT molecular complexity index is 829. The van der Waals surface area contributed by atoms with Crippen LogP contribution in [0.25, 0.3) is 10.2 Å². The van der Waals surface area contributed by atoms with Crippen LogP contribution in [0.2, 0.25) is 0 Å². The van der Waals surface area contributed by atoms with E-state index >= 15 is 0 Å². The van der Waals surface area contributed by atoms with Crippen LogP contribution in [-0.4, -0.2) is 60.0 Å². The number of H-pyrrole nitrogens is 1. The maximum Gasteiger partial charge on any atom is 0.259 e. The van der Waals surface area contributed by atoms with Crippen molar-refractivity contribution >= 4 is 39.9 Å². The van der Waals surface area contributed by atoms with Gasteiger partial charge in [0.25, 0.3) is 5.56 Å². The number of fused-ring (bicyclic) bond motifs is 1. The van der Waals surface area contributed by atoms with Crippen molar-refractivity contribution in [1.82, 2.24) is 25.5 Å². The molecule has 1 aliphatic heterocycles. The summed E-state index contributed by atoms with van der Waals surface area (Å²) >= 11 is 1.53. The number of amides is 1. The third-order valence-electron chi connectivity index (χ3n) is 4.86. The number of halogens is 1. The van der Waals surface area contributed by atoms with Crippen LogP contribution in [0.1, 0.15) is 29.1 Å². The minimum atomic E-state index is -0.108. The first-order valence-corrected chi connectivity index (χ1v) is 10.0. The second-order valence-electron chi connectivity index (χ2n) is 6.77. The summed E-state index contributed by atoms with van der Waals surface area (Å²) in [5, 5.41) is 6.97. The summed E-state index contributed by atoms with van der Waals surface area (Å²) in [6, 6.07) is 0. The number of thiophene rings is 1. The first kappa shape index (κ1) is 21.8. The largest absolute Gasteiger partial charge is 0.356 e. The number of carbonyl (C=O) groups is 1. The minimum absolute atomic E-state index is 0. The van der Waals surface area contributed by atoms with Gasteiger partial charge in [-0.25, -0.2) is 4.98 Å². The Kier molecular flexibility index (Phi) is 8.22. The topological polar surface area (TPSA) is 90.1 Å². The van der Waals surface area contributed by atoms with Crippen molar-refractivity contribution in [3.63, 3.8) is 0 Å². The molecule has 7 nitrogen and oxygen atoms in total. The fraction of sp³-hybridized carbons (Fsp3) is 0.611. The van der Waals surface area contributed by atoms with E-state index in [0.29, 0.717) is 30.6 Å². The van der Waals surface area contributed by atoms with Gasteiger partial charge in [-0.1, -0.05) is 0 Å². The molecule has 0 aromatic carbocycles. The molecule has 150 valence electrons. The lowest BCUT2D eigenvalue weighted by molar-refractivity contribution is -0.121. The number of rotatable bonds is 7. The van der Waals surface area contributed by atoms with Gasteiger partial charge in [0.1, 0.15) is 10.7 Å². The summed E-state index contributed by atoms with van der Waals surface area (Å²) in [5.41, 5.74) is 0.885. The standard InChI is InChI=1S/C18H27N5O2S.ClH/c1-12-13(2)26-18-16(12)17(25)21-14(22-18)4-5-15(24)20-6-3-9-23-10-7-19-8-11-23;/h19H,3-11H2,1-2H3,(H,20,24)(H,21,22,25);1H. The predicted octanol–water partition coefficient (Wildman–Crippen LogP) is 1.37. The van der Waals surface area contributed by atoms with Crippen LogP contribution in [0.4, 0.5) is 0 Å². The summed E-state index contributed by atoms with van der Waals surface area (Å²) in [6.45, 7) is 9.90. The highest BCUT2D eigenvalue weighted by Gasteiger charge is 2.13. The monoisotopic (exact) mass is 413 g/mol. The Morgan fingerprint density at radius 2 is 2.04 bits per heavy atom. The molecular formula is C18H28ClN5O2S. The molecule has 0 radical (unpaired) electrons. The third kappa shape index (κ3) is 5.75. The Balaban J connectivity index is 0.00000261. The summed E-state index contributed by atoms with van der Waals surface area (Å²) in [6.07, 6.45) is 1.75. The van der Waals surface area contributed by atoms with Crippen molar-refractivity contribution in [2.45, 2.75) is 33.1 Å². The molecule has 3 rings (SSSR count). The Hall–Kier alpha value is -1.48. The lowest BCUT2D eigenvalue weighted by atomic mass is 10.2. The fourth-order valence-corrected chi connectivity index (χ4v) is 4.25. The van der Waals surface area contributed by atoms with Gasteiger partial charge in [0.15, 0.2) is 0 Å². The summed E-state index contributed by atoms with van der Waals surface area (Å²) < 4.78 is 0. The first-order chi connectivity index (χ1) is 12.5. The molecule has 0 saturated carbocycles. The molecule has 3 heterocycles. The molecule has 9 heteroatoms. The van der Waals surface area contributed by atoms with Crippen LogP contribution in [0.15, 0.2) is 4.79 Å². The van der Waals surface area contributed by atoms with Gasteiger partial charge in [-0.3, -0.25) is 9.59 Å². The normalized spacial score (nSPS) is 14.9. The average Bonchev–Trinajstić information content (AvgIpc) is 2.92. The number of aromatic nitrogens is 2. The highest BCUT2D eigenvalue weighted by molar-refractivity contribution is 7.18. The van der Waals surface area contributed by atoms with E-state index in [9.17, 15) is 9.59 Å². The molecule has 0 bridgehead atoms. The van der Waals surface area contributed by atoms with E-state index < -0.39 is 0 Å². The SMILES string of the molecule is Cc1sc2nc(CCC(=O)NCCCN3CCNCC3)[nH]c(=O)c2c1C.Cl. The maximum atomic E-state index is 12.2. The van der Waals surface area contributed by atoms with Gasteiger partial charge in [-0.05, 0) is 32.4 Å². The Morgan fingerprint density at radius 1 is 1.30 bits per heavy atom. The van der Waals surface area contributed by atoms with Gasteiger partial charge in [0.05, 0.1) is 5.39 Å². The van der Waals surface area contributed by atoms with Crippen LogP contribution in [-0.2, 0) is 11.2 Å². The van der Waals surface area contributed by atoms with E-state index in [0.717, 1.165) is 54.4 Å². The van der Waals surface area contributed by atoms with Crippen LogP contribution in [0.5, 0.6) is 0 Å². The number of aromatic amines is 1. The van der Waals surface area contributed by atoms with Crippen LogP contribution in [0, 0.1) is 13.8 Å². The molecule has 1 saturated heterocycles. The van der Waals surface area contributed by atoms with Crippen molar-refractivity contribution in [2.75, 3.05) is 39.3 Å². The molecule has 1 fully saturated rings. The second kappa shape index (κ2) is 10.2. The zero-order valence-electron chi connectivity index (χ0n) is 15.9. The molecule has 0 spiro atoms. The number of nitrogens with zero attached hydrogens (tertiary/aromatic N) is 2. The average molecular weight is 414 g/mol. The number of hydrogen-bond acceptors (Lipinski definition) is 6. The van der Waals surface area contributed by atoms with Gasteiger partial charge in [0, 0.05) is 50.4 Å². The number of hydrogen-bond donors (Lipinski definition) is 3. The fourth-order valence-electron chi connectivity index (χ4n) is 3.20. The molecule has 2 aromatic rings. The molecule has 3 N–H and O–H groups in total. The summed E-state index contributed by atoms with van der Waals surface area (Å²) in [5.74, 6) is 0.589. The van der Waals surface area contributed by atoms with Crippen molar-refractivity contribution in [3.8, 4) is 0 Å². The highest BCUT2D eigenvalue weighted by Crippen LogP contribution is 2.25. The highest BCUT2D eigenvalue weighted by atomic mass is 35.5. The van der Waals surface area contributed by atoms with Crippen LogP contribution >= 0.6 is 23.7 Å². The first-order valence-electron chi connectivity index (χ1n) is 9.23. The maximum absolute atomic E-state index is 12.2. The molecule has 2 aromatic heterocycles. The lowest BCUT2D eigenvalue weighted by Gasteiger charge is -2.27. The van der Waals surface area contributed by atoms with Gasteiger partial charge in [0.2, 0.25) is 5.91 Å². The van der Waals surface area contributed by atoms with Crippen LogP contribution in [0.3, 0.4) is 0 Å². The quantitative estimate of drug-likeness (QED) is 0.596. The Labute approximate surface area is 169 Å². The minimum Gasteiger partial charge on any atom is -0.356 e. The van der Waals surface area contributed by atoms with Crippen LogP contribution < -0.4 is 16.2 Å². The molecule has 0 atom stereocenters. The number of nitrogens with one attached hydrogen (secondary N) is 3. The predicted molar refractivity (Wildman–Crippen MR) is 112 cm³/mol. The third-order valence-corrected chi connectivity index (χ3v) is 5.96. The van der Waals surface area contributed by atoms with E-state index in [1.165, 1.54) is 11.3 Å². The summed E-state index contributed by atoms with van der Waals surface area (Å²) in [7, 11) is 0.